The Labute approximate surface area is 157 Å². The molecule has 122 valence electrons. The number of ether oxygens (including phenoxy) is 1. The van der Waals surface area contributed by atoms with E-state index >= 15 is 0 Å². The second-order valence-electron chi connectivity index (χ2n) is 4.30. The SMILES string of the molecule is CNc1nc(OC)c(Br)cc1NC(=S)Nc1c(Cl)cccc1Cl. The monoisotopic (exact) mass is 434 g/mol. The number of rotatable bonds is 4. The van der Waals surface area contributed by atoms with Crippen molar-refractivity contribution in [3.05, 3.63) is 38.8 Å². The molecule has 0 saturated carbocycles. The van der Waals surface area contributed by atoms with Crippen LogP contribution in [0.4, 0.5) is 17.2 Å². The number of hydrogen-bond donors (Lipinski definition) is 3. The Morgan fingerprint density at radius 2 is 1.91 bits per heavy atom. The molecule has 1 aromatic carbocycles. The number of benzene rings is 1. The molecule has 3 N–H and O–H groups in total. The van der Waals surface area contributed by atoms with Gasteiger partial charge in [0.15, 0.2) is 10.9 Å². The number of anilines is 3. The van der Waals surface area contributed by atoms with Gasteiger partial charge in [-0.15, -0.1) is 0 Å². The minimum atomic E-state index is 0.329. The number of nitrogens with zero attached hydrogens (tertiary/aromatic N) is 1. The maximum atomic E-state index is 6.12. The quantitative estimate of drug-likeness (QED) is 0.586. The third-order valence-electron chi connectivity index (χ3n) is 2.82. The summed E-state index contributed by atoms with van der Waals surface area (Å²) in [6.07, 6.45) is 0. The number of pyridine rings is 1. The molecule has 0 aliphatic rings. The lowest BCUT2D eigenvalue weighted by Crippen LogP contribution is -2.20. The molecule has 0 atom stereocenters. The number of hydrogen-bond acceptors (Lipinski definition) is 4. The predicted molar refractivity (Wildman–Crippen MR) is 104 cm³/mol. The van der Waals surface area contributed by atoms with E-state index in [0.717, 1.165) is 0 Å². The molecule has 5 nitrogen and oxygen atoms in total. The topological polar surface area (TPSA) is 58.2 Å². The Hall–Kier alpha value is -1.28. The van der Waals surface area contributed by atoms with Gasteiger partial charge in [0.1, 0.15) is 0 Å². The number of para-hydroxylation sites is 1. The van der Waals surface area contributed by atoms with Crippen molar-refractivity contribution in [3.63, 3.8) is 0 Å². The maximum Gasteiger partial charge on any atom is 0.229 e. The van der Waals surface area contributed by atoms with Crippen molar-refractivity contribution < 1.29 is 4.74 Å². The Morgan fingerprint density at radius 1 is 1.26 bits per heavy atom. The van der Waals surface area contributed by atoms with E-state index in [1.807, 2.05) is 0 Å². The van der Waals surface area contributed by atoms with E-state index < -0.39 is 0 Å². The van der Waals surface area contributed by atoms with E-state index in [2.05, 4.69) is 36.9 Å². The third kappa shape index (κ3) is 4.38. The van der Waals surface area contributed by atoms with Gasteiger partial charge in [0.2, 0.25) is 5.88 Å². The summed E-state index contributed by atoms with van der Waals surface area (Å²) in [5.41, 5.74) is 1.21. The molecule has 2 rings (SSSR count). The molecule has 9 heteroatoms. The summed E-state index contributed by atoms with van der Waals surface area (Å²) in [6.45, 7) is 0. The van der Waals surface area contributed by atoms with Crippen molar-refractivity contribution in [1.29, 1.82) is 0 Å². The number of methoxy groups -OCH3 is 1. The van der Waals surface area contributed by atoms with Crippen molar-refractivity contribution in [2.45, 2.75) is 0 Å². The van der Waals surface area contributed by atoms with Gasteiger partial charge in [0, 0.05) is 7.05 Å². The number of halogens is 3. The van der Waals surface area contributed by atoms with Crippen LogP contribution in [0, 0.1) is 0 Å². The Morgan fingerprint density at radius 3 is 2.48 bits per heavy atom. The first kappa shape index (κ1) is 18.1. The molecule has 0 bridgehead atoms. The van der Waals surface area contributed by atoms with Crippen LogP contribution >= 0.6 is 51.3 Å². The molecule has 0 unspecified atom stereocenters. The average Bonchev–Trinajstić information content (AvgIpc) is 2.51. The lowest BCUT2D eigenvalue weighted by Gasteiger charge is -2.16. The number of nitrogens with one attached hydrogen (secondary N) is 3. The maximum absolute atomic E-state index is 6.12. The third-order valence-corrected chi connectivity index (χ3v) is 4.23. The van der Waals surface area contributed by atoms with Gasteiger partial charge in [0.05, 0.1) is 33.0 Å². The van der Waals surface area contributed by atoms with Crippen LogP contribution in [0.25, 0.3) is 0 Å². The van der Waals surface area contributed by atoms with Crippen molar-refractivity contribution >= 4 is 73.7 Å². The van der Waals surface area contributed by atoms with Crippen molar-refractivity contribution in [2.75, 3.05) is 30.1 Å². The lowest BCUT2D eigenvalue weighted by molar-refractivity contribution is 0.396. The molecule has 0 fully saturated rings. The minimum Gasteiger partial charge on any atom is -0.480 e. The molecule has 1 aromatic heterocycles. The van der Waals surface area contributed by atoms with E-state index in [1.54, 1.807) is 38.4 Å². The summed E-state index contributed by atoms with van der Waals surface area (Å²) in [6, 6.07) is 7.02. The molecule has 0 amide bonds. The first-order valence-corrected chi connectivity index (χ1v) is 8.36. The van der Waals surface area contributed by atoms with Crippen molar-refractivity contribution in [2.24, 2.45) is 0 Å². The highest BCUT2D eigenvalue weighted by molar-refractivity contribution is 9.10. The molecule has 1 heterocycles. The average molecular weight is 436 g/mol. The highest BCUT2D eigenvalue weighted by Gasteiger charge is 2.12. The van der Waals surface area contributed by atoms with Gasteiger partial charge < -0.3 is 20.7 Å². The molecule has 0 radical (unpaired) electrons. The Kier molecular flexibility index (Phi) is 6.29. The smallest absolute Gasteiger partial charge is 0.229 e. The van der Waals surface area contributed by atoms with Gasteiger partial charge >= 0.3 is 0 Å². The molecule has 0 aliphatic carbocycles. The molecular formula is C14H13BrCl2N4OS. The Bertz CT molecular complexity index is 725. The van der Waals surface area contributed by atoms with Crippen LogP contribution in [0.1, 0.15) is 0 Å². The molecule has 23 heavy (non-hydrogen) atoms. The van der Waals surface area contributed by atoms with Gasteiger partial charge in [-0.3, -0.25) is 0 Å². The molecule has 0 saturated heterocycles. The summed E-state index contributed by atoms with van der Waals surface area (Å²) in [7, 11) is 3.30. The zero-order valence-corrected chi connectivity index (χ0v) is 16.1. The van der Waals surface area contributed by atoms with E-state index in [0.29, 0.717) is 42.7 Å². The van der Waals surface area contributed by atoms with Crippen LogP contribution in [0.2, 0.25) is 10.0 Å². The first-order chi connectivity index (χ1) is 11.0. The molecular weight excluding hydrogens is 423 g/mol. The summed E-state index contributed by atoms with van der Waals surface area (Å²) in [4.78, 5) is 4.32. The van der Waals surface area contributed by atoms with Crippen LogP contribution in [0.5, 0.6) is 5.88 Å². The number of aromatic nitrogens is 1. The van der Waals surface area contributed by atoms with Crippen LogP contribution < -0.4 is 20.7 Å². The van der Waals surface area contributed by atoms with E-state index in [1.165, 1.54) is 0 Å². The summed E-state index contributed by atoms with van der Waals surface area (Å²) in [5, 5.41) is 10.3. The van der Waals surface area contributed by atoms with Crippen molar-refractivity contribution in [3.8, 4) is 5.88 Å². The van der Waals surface area contributed by atoms with E-state index in [-0.39, 0.29) is 0 Å². The lowest BCUT2D eigenvalue weighted by atomic mass is 10.3. The minimum absolute atomic E-state index is 0.329. The molecule has 0 aliphatic heterocycles. The zero-order chi connectivity index (χ0) is 17.0. The predicted octanol–water partition coefficient (Wildman–Crippen LogP) is 5.01. The summed E-state index contributed by atoms with van der Waals surface area (Å²) < 4.78 is 5.86. The summed E-state index contributed by atoms with van der Waals surface area (Å²) in [5.74, 6) is 1.05. The highest BCUT2D eigenvalue weighted by Crippen LogP contribution is 2.32. The van der Waals surface area contributed by atoms with Crippen molar-refractivity contribution in [1.82, 2.24) is 4.98 Å². The molecule has 0 spiro atoms. The van der Waals surface area contributed by atoms with Gasteiger partial charge in [0.25, 0.3) is 0 Å². The van der Waals surface area contributed by atoms with Crippen LogP contribution in [0.3, 0.4) is 0 Å². The second-order valence-corrected chi connectivity index (χ2v) is 6.38. The number of thiocarbonyl (C=S) groups is 1. The second kappa shape index (κ2) is 8.01. The normalized spacial score (nSPS) is 10.1. The fraction of sp³-hybridized carbons (Fsp3) is 0.143. The van der Waals surface area contributed by atoms with Gasteiger partial charge in [-0.25, -0.2) is 0 Å². The highest BCUT2D eigenvalue weighted by atomic mass is 79.9. The van der Waals surface area contributed by atoms with E-state index in [4.69, 9.17) is 40.2 Å². The standard InChI is InChI=1S/C14H13BrCl2N4OS/c1-18-12-10(6-7(15)13(21-12)22-2)19-14(23)20-11-8(16)4-3-5-9(11)17/h3-6H,1-2H3,(H,18,21)(H2,19,20,23). The van der Waals surface area contributed by atoms with Gasteiger partial charge in [-0.05, 0) is 46.3 Å². The van der Waals surface area contributed by atoms with Crippen LogP contribution in [-0.2, 0) is 0 Å². The fourth-order valence-corrected chi connectivity index (χ4v) is 2.97. The first-order valence-electron chi connectivity index (χ1n) is 6.40. The molecule has 2 aromatic rings. The summed E-state index contributed by atoms with van der Waals surface area (Å²) >= 11 is 20.9. The largest absolute Gasteiger partial charge is 0.480 e. The van der Waals surface area contributed by atoms with Crippen LogP contribution in [-0.4, -0.2) is 24.3 Å². The van der Waals surface area contributed by atoms with Crippen LogP contribution in [0.15, 0.2) is 28.7 Å². The zero-order valence-electron chi connectivity index (χ0n) is 12.2. The van der Waals surface area contributed by atoms with Gasteiger partial charge in [-0.2, -0.15) is 4.98 Å². The van der Waals surface area contributed by atoms with Gasteiger partial charge in [-0.1, -0.05) is 29.3 Å². The fourth-order valence-electron chi connectivity index (χ4n) is 1.79. The Balaban J connectivity index is 2.22. The van der Waals surface area contributed by atoms with E-state index in [9.17, 15) is 0 Å².